The van der Waals surface area contributed by atoms with Gasteiger partial charge in [0.05, 0.1) is 12.6 Å². The molecule has 2 amide bonds. The molecular formula is C43H59N5O6S2. The molecule has 2 aliphatic heterocycles. The van der Waals surface area contributed by atoms with Gasteiger partial charge in [-0.15, -0.1) is 11.3 Å². The summed E-state index contributed by atoms with van der Waals surface area (Å²) in [6, 6.07) is 20.5. The average Bonchev–Trinajstić information content (AvgIpc) is 3.87. The van der Waals surface area contributed by atoms with Gasteiger partial charge in [0.1, 0.15) is 21.6 Å². The number of benzene rings is 2. The first kappa shape index (κ1) is 42.0. The molecule has 0 radical (unpaired) electrons. The molecule has 3 fully saturated rings. The average molecular weight is 806 g/mol. The Balaban J connectivity index is 1.13. The fourth-order valence-corrected chi connectivity index (χ4v) is 10.2. The van der Waals surface area contributed by atoms with Crippen LogP contribution in [0.4, 0.5) is 4.79 Å². The molecule has 2 atom stereocenters. The molecule has 3 aliphatic rings. The number of carbonyl (C=O) groups excluding carboxylic acids is 3. The second-order valence-corrected chi connectivity index (χ2v) is 19.5. The van der Waals surface area contributed by atoms with Crippen molar-refractivity contribution in [3.8, 4) is 5.75 Å². The van der Waals surface area contributed by atoms with Gasteiger partial charge in [-0.05, 0) is 98.0 Å². The number of thiophene rings is 1. The number of ketones is 1. The van der Waals surface area contributed by atoms with Crippen molar-refractivity contribution < 1.29 is 27.5 Å². The summed E-state index contributed by atoms with van der Waals surface area (Å²) >= 11 is 1.60. The van der Waals surface area contributed by atoms with E-state index in [9.17, 15) is 22.8 Å². The SMILES string of the molecule is CS(=O)(=O)CCCCC[C@@H](NC1CCC2(CC1)CCN(Cc1ccccc1)C2)C(=O)N1CCN(C(=O)Oc2cccc(CN)c2)C[C@H]1C(=O)CCc1cccs1. The smallest absolute Gasteiger partial charge is 0.410 e. The summed E-state index contributed by atoms with van der Waals surface area (Å²) in [5, 5.41) is 5.75. The van der Waals surface area contributed by atoms with E-state index in [1.165, 1.54) is 23.1 Å². The van der Waals surface area contributed by atoms with Gasteiger partial charge in [-0.25, -0.2) is 13.2 Å². The van der Waals surface area contributed by atoms with Crippen LogP contribution in [-0.2, 0) is 38.9 Å². The molecule has 3 heterocycles. The number of carbonyl (C=O) groups is 3. The van der Waals surface area contributed by atoms with Crippen LogP contribution in [0.5, 0.6) is 5.75 Å². The Bertz CT molecular complexity index is 1850. The van der Waals surface area contributed by atoms with Crippen molar-refractivity contribution in [2.24, 2.45) is 11.1 Å². The normalized spacial score (nSPS) is 22.3. The molecule has 1 aromatic heterocycles. The molecule has 1 spiro atoms. The van der Waals surface area contributed by atoms with Crippen LogP contribution in [0.15, 0.2) is 72.1 Å². The number of ether oxygens (including phenoxy) is 1. The number of rotatable bonds is 17. The highest BCUT2D eigenvalue weighted by Gasteiger charge is 2.43. The fourth-order valence-electron chi connectivity index (χ4n) is 8.72. The van der Waals surface area contributed by atoms with Crippen LogP contribution < -0.4 is 15.8 Å². The Morgan fingerprint density at radius 1 is 0.946 bits per heavy atom. The van der Waals surface area contributed by atoms with Gasteiger partial charge in [-0.2, -0.15) is 0 Å². The molecule has 2 saturated heterocycles. The van der Waals surface area contributed by atoms with Crippen molar-refractivity contribution in [1.82, 2.24) is 20.0 Å². The molecule has 6 rings (SSSR count). The lowest BCUT2D eigenvalue weighted by Gasteiger charge is -2.43. The quantitative estimate of drug-likeness (QED) is 0.162. The van der Waals surface area contributed by atoms with Gasteiger partial charge in [0.2, 0.25) is 5.91 Å². The van der Waals surface area contributed by atoms with Gasteiger partial charge < -0.3 is 25.6 Å². The van der Waals surface area contributed by atoms with Crippen molar-refractivity contribution in [3.63, 3.8) is 0 Å². The minimum atomic E-state index is -3.07. The summed E-state index contributed by atoms with van der Waals surface area (Å²) in [6.45, 7) is 3.98. The number of Topliss-reactive ketones (excluding diaryl/α,β-unsaturated/α-hetero) is 1. The van der Waals surface area contributed by atoms with Gasteiger partial charge in [-0.3, -0.25) is 14.5 Å². The van der Waals surface area contributed by atoms with Crippen molar-refractivity contribution >= 4 is 39.0 Å². The number of hydrogen-bond donors (Lipinski definition) is 2. The molecule has 3 aromatic rings. The van der Waals surface area contributed by atoms with Crippen LogP contribution in [0.1, 0.15) is 80.2 Å². The standard InChI is InChI=1S/C43H59N5O6S2/c1-56(52,53)27-7-3-6-15-38(45-35-18-20-43(21-19-35)22-23-46(32-43)30-33-10-4-2-5-11-33)41(50)48-25-24-47(42(51)54-36-13-8-12-34(28-36)29-44)31-39(48)40(49)17-16-37-14-9-26-55-37/h2,4-5,8-14,26,28,35,38-39,45H,3,6-7,15-25,27,29-32,44H2,1H3/t35?,38-,39+,43?/m1/s1. The Morgan fingerprint density at radius 3 is 2.46 bits per heavy atom. The van der Waals surface area contributed by atoms with E-state index >= 15 is 0 Å². The Labute approximate surface area is 336 Å². The minimum Gasteiger partial charge on any atom is -0.410 e. The highest BCUT2D eigenvalue weighted by molar-refractivity contribution is 7.90. The summed E-state index contributed by atoms with van der Waals surface area (Å²) < 4.78 is 29.3. The molecule has 13 heteroatoms. The van der Waals surface area contributed by atoms with Crippen LogP contribution in [0.2, 0.25) is 0 Å². The highest BCUT2D eigenvalue weighted by atomic mass is 32.2. The third-order valence-corrected chi connectivity index (χ3v) is 13.9. The maximum Gasteiger partial charge on any atom is 0.415 e. The van der Waals surface area contributed by atoms with E-state index in [2.05, 4.69) is 40.5 Å². The Kier molecular flexibility index (Phi) is 14.8. The molecule has 1 aliphatic carbocycles. The third-order valence-electron chi connectivity index (χ3n) is 11.9. The first-order valence-corrected chi connectivity index (χ1v) is 23.2. The first-order chi connectivity index (χ1) is 27.0. The van der Waals surface area contributed by atoms with Crippen molar-refractivity contribution in [1.29, 1.82) is 0 Å². The lowest BCUT2D eigenvalue weighted by Crippen LogP contribution is -2.63. The molecule has 3 N–H and O–H groups in total. The number of nitrogens with two attached hydrogens (primary N) is 1. The molecule has 304 valence electrons. The van der Waals surface area contributed by atoms with Crippen LogP contribution in [0, 0.1) is 5.41 Å². The van der Waals surface area contributed by atoms with E-state index in [4.69, 9.17) is 10.5 Å². The van der Waals surface area contributed by atoms with Gasteiger partial charge in [0, 0.05) is 62.1 Å². The minimum absolute atomic E-state index is 0.0525. The van der Waals surface area contributed by atoms with E-state index in [0.717, 1.165) is 55.8 Å². The summed E-state index contributed by atoms with van der Waals surface area (Å²) in [7, 11) is -3.07. The fraction of sp³-hybridized carbons (Fsp3) is 0.558. The molecule has 56 heavy (non-hydrogen) atoms. The Morgan fingerprint density at radius 2 is 1.73 bits per heavy atom. The van der Waals surface area contributed by atoms with Gasteiger partial charge in [0.25, 0.3) is 0 Å². The maximum absolute atomic E-state index is 14.7. The number of nitrogens with zero attached hydrogens (tertiary/aromatic N) is 3. The number of nitrogens with one attached hydrogen (secondary N) is 1. The summed E-state index contributed by atoms with van der Waals surface area (Å²) in [5.41, 5.74) is 8.28. The van der Waals surface area contributed by atoms with E-state index in [1.54, 1.807) is 34.4 Å². The van der Waals surface area contributed by atoms with Crippen LogP contribution in [-0.4, -0.2) is 104 Å². The Hall–Kier alpha value is -3.62. The number of sulfone groups is 1. The maximum atomic E-state index is 14.7. The second kappa shape index (κ2) is 19.7. The van der Waals surface area contributed by atoms with Crippen LogP contribution in [0.3, 0.4) is 0 Å². The molecule has 11 nitrogen and oxygen atoms in total. The van der Waals surface area contributed by atoms with Crippen molar-refractivity contribution in [2.75, 3.05) is 44.7 Å². The lowest BCUT2D eigenvalue weighted by atomic mass is 9.72. The predicted octanol–water partition coefficient (Wildman–Crippen LogP) is 5.82. The predicted molar refractivity (Wildman–Crippen MR) is 221 cm³/mol. The molecular weight excluding hydrogens is 747 g/mol. The molecule has 0 bridgehead atoms. The number of piperazine rings is 1. The zero-order valence-electron chi connectivity index (χ0n) is 32.8. The van der Waals surface area contributed by atoms with Crippen LogP contribution in [0.25, 0.3) is 0 Å². The number of likely N-dealkylation sites (tertiary alicyclic amines) is 1. The van der Waals surface area contributed by atoms with E-state index in [0.29, 0.717) is 49.8 Å². The van der Waals surface area contributed by atoms with Crippen molar-refractivity contribution in [2.45, 2.75) is 102 Å². The van der Waals surface area contributed by atoms with Crippen LogP contribution >= 0.6 is 11.3 Å². The third kappa shape index (κ3) is 12.0. The van der Waals surface area contributed by atoms with E-state index in [1.807, 2.05) is 23.6 Å². The number of aryl methyl sites for hydroxylation is 1. The van der Waals surface area contributed by atoms with Gasteiger partial charge in [-0.1, -0.05) is 61.4 Å². The lowest BCUT2D eigenvalue weighted by molar-refractivity contribution is -0.144. The molecule has 2 aromatic carbocycles. The molecule has 1 saturated carbocycles. The topological polar surface area (TPSA) is 142 Å². The number of hydrogen-bond acceptors (Lipinski definition) is 10. The van der Waals surface area contributed by atoms with Gasteiger partial charge in [0.15, 0.2) is 5.78 Å². The first-order valence-electron chi connectivity index (χ1n) is 20.3. The monoisotopic (exact) mass is 805 g/mol. The van der Waals surface area contributed by atoms with Gasteiger partial charge >= 0.3 is 6.09 Å². The second-order valence-electron chi connectivity index (χ2n) is 16.2. The summed E-state index contributed by atoms with van der Waals surface area (Å²) in [6.07, 6.45) is 9.34. The highest BCUT2D eigenvalue weighted by Crippen LogP contribution is 2.44. The summed E-state index contributed by atoms with van der Waals surface area (Å²) in [4.78, 5) is 49.1. The largest absolute Gasteiger partial charge is 0.415 e. The van der Waals surface area contributed by atoms with Crippen molar-refractivity contribution in [3.05, 3.63) is 88.1 Å². The number of amides is 2. The van der Waals surface area contributed by atoms with E-state index < -0.39 is 28.0 Å². The number of unbranched alkanes of at least 4 members (excludes halogenated alkanes) is 2. The zero-order valence-corrected chi connectivity index (χ0v) is 34.4. The zero-order chi connectivity index (χ0) is 39.5. The molecule has 0 unspecified atom stereocenters. The van der Waals surface area contributed by atoms with E-state index in [-0.39, 0.29) is 49.5 Å². The summed E-state index contributed by atoms with van der Waals surface area (Å²) in [5.74, 6) is 0.303.